The molecule has 0 atom stereocenters. The van der Waals surface area contributed by atoms with Gasteiger partial charge < -0.3 is 9.64 Å². The van der Waals surface area contributed by atoms with E-state index in [2.05, 4.69) is 26.7 Å². The maximum atomic E-state index is 12.2. The molecule has 0 unspecified atom stereocenters. The molecule has 3 nitrogen and oxygen atoms in total. The first kappa shape index (κ1) is 16.6. The van der Waals surface area contributed by atoms with E-state index in [0.29, 0.717) is 0 Å². The first-order valence-electron chi connectivity index (χ1n) is 7.87. The normalized spacial score (nSPS) is 16.2. The zero-order valence-electron chi connectivity index (χ0n) is 13.2. The van der Waals surface area contributed by atoms with Crippen LogP contribution in [0.15, 0.2) is 54.6 Å². The number of hydrogen-bond donors (Lipinski definition) is 0. The Labute approximate surface area is 139 Å². The molecule has 3 rings (SSSR count). The second-order valence-electron chi connectivity index (χ2n) is 5.79. The van der Waals surface area contributed by atoms with Gasteiger partial charge in [0.15, 0.2) is 0 Å². The number of anilines is 1. The highest BCUT2D eigenvalue weighted by Gasteiger charge is 2.31. The lowest BCUT2D eigenvalue weighted by Crippen LogP contribution is -2.45. The van der Waals surface area contributed by atoms with Crippen molar-refractivity contribution in [2.24, 2.45) is 0 Å². The first-order valence-corrected chi connectivity index (χ1v) is 7.87. The van der Waals surface area contributed by atoms with Crippen LogP contribution in [0.2, 0.25) is 0 Å². The molecule has 0 spiro atoms. The van der Waals surface area contributed by atoms with Gasteiger partial charge in [-0.2, -0.15) is 0 Å². The molecule has 1 heterocycles. The SMILES string of the molecule is FC(F)(F)Oc1ccc(CN2CCN(c3ccccc3)CC2)cc1. The Morgan fingerprint density at radius 3 is 2.04 bits per heavy atom. The number of piperazine rings is 1. The van der Waals surface area contributed by atoms with Gasteiger partial charge in [0.2, 0.25) is 0 Å². The van der Waals surface area contributed by atoms with Crippen molar-refractivity contribution in [2.45, 2.75) is 12.9 Å². The van der Waals surface area contributed by atoms with Gasteiger partial charge in [0.1, 0.15) is 5.75 Å². The average molecular weight is 336 g/mol. The molecular weight excluding hydrogens is 317 g/mol. The molecule has 6 heteroatoms. The molecular formula is C18H19F3N2O. The molecule has 1 aliphatic rings. The van der Waals surface area contributed by atoms with Crippen molar-refractivity contribution in [3.63, 3.8) is 0 Å². The fourth-order valence-electron chi connectivity index (χ4n) is 2.86. The molecule has 1 fully saturated rings. The fraction of sp³-hybridized carbons (Fsp3) is 0.333. The summed E-state index contributed by atoms with van der Waals surface area (Å²) in [6.45, 7) is 4.47. The van der Waals surface area contributed by atoms with Gasteiger partial charge in [0.25, 0.3) is 0 Å². The van der Waals surface area contributed by atoms with E-state index in [-0.39, 0.29) is 5.75 Å². The first-order chi connectivity index (χ1) is 11.5. The van der Waals surface area contributed by atoms with Crippen molar-refractivity contribution in [1.29, 1.82) is 0 Å². The van der Waals surface area contributed by atoms with Crippen molar-refractivity contribution in [1.82, 2.24) is 4.90 Å². The van der Waals surface area contributed by atoms with E-state index in [1.165, 1.54) is 17.8 Å². The zero-order chi connectivity index (χ0) is 17.0. The Morgan fingerprint density at radius 1 is 0.833 bits per heavy atom. The van der Waals surface area contributed by atoms with E-state index in [4.69, 9.17) is 0 Å². The van der Waals surface area contributed by atoms with E-state index in [1.807, 2.05) is 18.2 Å². The monoisotopic (exact) mass is 336 g/mol. The van der Waals surface area contributed by atoms with Crippen LogP contribution in [0.5, 0.6) is 5.75 Å². The van der Waals surface area contributed by atoms with Crippen LogP contribution in [0.1, 0.15) is 5.56 Å². The smallest absolute Gasteiger partial charge is 0.406 e. The summed E-state index contributed by atoms with van der Waals surface area (Å²) in [4.78, 5) is 4.65. The molecule has 24 heavy (non-hydrogen) atoms. The minimum Gasteiger partial charge on any atom is -0.406 e. The van der Waals surface area contributed by atoms with Gasteiger partial charge in [-0.05, 0) is 29.8 Å². The molecule has 1 saturated heterocycles. The Bertz CT molecular complexity index is 636. The maximum Gasteiger partial charge on any atom is 0.573 e. The number of benzene rings is 2. The molecule has 128 valence electrons. The number of alkyl halides is 3. The van der Waals surface area contributed by atoms with Crippen molar-refractivity contribution >= 4 is 5.69 Å². The summed E-state index contributed by atoms with van der Waals surface area (Å²) in [5, 5.41) is 0. The van der Waals surface area contributed by atoms with E-state index >= 15 is 0 Å². The zero-order valence-corrected chi connectivity index (χ0v) is 13.2. The number of para-hydroxylation sites is 1. The van der Waals surface area contributed by atoms with Crippen molar-refractivity contribution in [3.8, 4) is 5.75 Å². The number of ether oxygens (including phenoxy) is 1. The minimum absolute atomic E-state index is 0.180. The summed E-state index contributed by atoms with van der Waals surface area (Å²) in [6, 6.07) is 16.4. The van der Waals surface area contributed by atoms with Gasteiger partial charge in [-0.3, -0.25) is 4.90 Å². The molecule has 0 N–H and O–H groups in total. The number of rotatable bonds is 4. The molecule has 2 aromatic carbocycles. The lowest BCUT2D eigenvalue weighted by atomic mass is 10.2. The van der Waals surface area contributed by atoms with E-state index in [1.54, 1.807) is 12.1 Å². The van der Waals surface area contributed by atoms with Crippen molar-refractivity contribution in [3.05, 3.63) is 60.2 Å². The molecule has 0 bridgehead atoms. The quantitative estimate of drug-likeness (QED) is 0.842. The van der Waals surface area contributed by atoms with Crippen LogP contribution in [0.4, 0.5) is 18.9 Å². The van der Waals surface area contributed by atoms with Crippen LogP contribution < -0.4 is 9.64 Å². The number of hydrogen-bond acceptors (Lipinski definition) is 3. The molecule has 0 amide bonds. The Kier molecular flexibility index (Phi) is 4.94. The topological polar surface area (TPSA) is 15.7 Å². The lowest BCUT2D eigenvalue weighted by Gasteiger charge is -2.36. The molecule has 0 saturated carbocycles. The van der Waals surface area contributed by atoms with Gasteiger partial charge in [-0.25, -0.2) is 0 Å². The minimum atomic E-state index is -4.64. The molecule has 0 radical (unpaired) electrons. The second kappa shape index (κ2) is 7.13. The molecule has 2 aromatic rings. The highest BCUT2D eigenvalue weighted by molar-refractivity contribution is 5.46. The lowest BCUT2D eigenvalue weighted by molar-refractivity contribution is -0.274. The second-order valence-corrected chi connectivity index (χ2v) is 5.79. The molecule has 0 aliphatic carbocycles. The van der Waals surface area contributed by atoms with Crippen molar-refractivity contribution in [2.75, 3.05) is 31.1 Å². The van der Waals surface area contributed by atoms with Crippen LogP contribution in [0.25, 0.3) is 0 Å². The Hall–Kier alpha value is -2.21. The third kappa shape index (κ3) is 4.64. The van der Waals surface area contributed by atoms with Gasteiger partial charge >= 0.3 is 6.36 Å². The van der Waals surface area contributed by atoms with Gasteiger partial charge in [-0.1, -0.05) is 30.3 Å². The molecule has 0 aromatic heterocycles. The largest absolute Gasteiger partial charge is 0.573 e. The van der Waals surface area contributed by atoms with E-state index in [0.717, 1.165) is 38.3 Å². The van der Waals surface area contributed by atoms with Crippen molar-refractivity contribution < 1.29 is 17.9 Å². The summed E-state index contributed by atoms with van der Waals surface area (Å²) in [6.07, 6.45) is -4.64. The van der Waals surface area contributed by atoms with Gasteiger partial charge in [0.05, 0.1) is 0 Å². The van der Waals surface area contributed by atoms with Crippen LogP contribution in [0.3, 0.4) is 0 Å². The van der Waals surface area contributed by atoms with Gasteiger partial charge in [0, 0.05) is 38.4 Å². The summed E-state index contributed by atoms with van der Waals surface area (Å²) < 4.78 is 40.4. The van der Waals surface area contributed by atoms with E-state index < -0.39 is 6.36 Å². The average Bonchev–Trinajstić information content (AvgIpc) is 2.57. The summed E-state index contributed by atoms with van der Waals surface area (Å²) in [5.74, 6) is -0.180. The summed E-state index contributed by atoms with van der Waals surface area (Å²) in [5.41, 5.74) is 2.21. The number of nitrogens with zero attached hydrogens (tertiary/aromatic N) is 2. The van der Waals surface area contributed by atoms with Crippen LogP contribution in [-0.2, 0) is 6.54 Å². The third-order valence-electron chi connectivity index (χ3n) is 4.06. The maximum absolute atomic E-state index is 12.2. The Morgan fingerprint density at radius 2 is 1.46 bits per heavy atom. The summed E-state index contributed by atoms with van der Waals surface area (Å²) in [7, 11) is 0. The predicted octanol–water partition coefficient (Wildman–Crippen LogP) is 3.91. The highest BCUT2D eigenvalue weighted by atomic mass is 19.4. The molecule has 1 aliphatic heterocycles. The highest BCUT2D eigenvalue weighted by Crippen LogP contribution is 2.23. The van der Waals surface area contributed by atoms with Gasteiger partial charge in [-0.15, -0.1) is 13.2 Å². The summed E-state index contributed by atoms with van der Waals surface area (Å²) >= 11 is 0. The number of halogens is 3. The Balaban J connectivity index is 1.51. The van der Waals surface area contributed by atoms with Crippen LogP contribution in [-0.4, -0.2) is 37.4 Å². The third-order valence-corrected chi connectivity index (χ3v) is 4.06. The van der Waals surface area contributed by atoms with E-state index in [9.17, 15) is 13.2 Å². The van der Waals surface area contributed by atoms with Crippen LogP contribution in [0, 0.1) is 0 Å². The van der Waals surface area contributed by atoms with Crippen LogP contribution >= 0.6 is 0 Å². The standard InChI is InChI=1S/C18H19F3N2O/c19-18(20,21)24-17-8-6-15(7-9-17)14-22-10-12-23(13-11-22)16-4-2-1-3-5-16/h1-9H,10-14H2. The fourth-order valence-corrected chi connectivity index (χ4v) is 2.86. The predicted molar refractivity (Wildman–Crippen MR) is 87.1 cm³/mol.